The van der Waals surface area contributed by atoms with Crippen molar-refractivity contribution >= 4 is 28.8 Å². The molecule has 1 aromatic heterocycles. The number of hydrogen-bond acceptors (Lipinski definition) is 3. The predicted octanol–water partition coefficient (Wildman–Crippen LogP) is 3.49. The molecule has 0 unspecified atom stereocenters. The van der Waals surface area contributed by atoms with Gasteiger partial charge in [0.2, 0.25) is 0 Å². The van der Waals surface area contributed by atoms with Gasteiger partial charge in [-0.2, -0.15) is 5.10 Å². The van der Waals surface area contributed by atoms with E-state index in [9.17, 15) is 4.39 Å². The molecule has 0 aliphatic rings. The van der Waals surface area contributed by atoms with E-state index in [0.29, 0.717) is 22.2 Å². The van der Waals surface area contributed by atoms with E-state index in [2.05, 4.69) is 17.3 Å². The van der Waals surface area contributed by atoms with Gasteiger partial charge in [-0.1, -0.05) is 24.9 Å². The quantitative estimate of drug-likeness (QED) is 0.902. The Hall–Kier alpha value is -1.75. The van der Waals surface area contributed by atoms with E-state index in [-0.39, 0.29) is 5.82 Å². The number of nitrogen functional groups attached to an aromatic ring is 1. The molecule has 2 aromatic rings. The molecule has 4 nitrogen and oxygen atoms in total. The van der Waals surface area contributed by atoms with Gasteiger partial charge in [-0.3, -0.25) is 4.68 Å². The summed E-state index contributed by atoms with van der Waals surface area (Å²) in [5, 5.41) is 7.80. The first kappa shape index (κ1) is 13.7. The number of nitrogens with zero attached hydrogens (tertiary/aromatic N) is 2. The van der Waals surface area contributed by atoms with Gasteiger partial charge < -0.3 is 11.1 Å². The Bertz CT molecular complexity index is 595. The van der Waals surface area contributed by atoms with Crippen LogP contribution in [0.4, 0.5) is 21.6 Å². The molecule has 0 fully saturated rings. The van der Waals surface area contributed by atoms with Gasteiger partial charge in [0, 0.05) is 7.05 Å². The summed E-state index contributed by atoms with van der Waals surface area (Å²) in [5.41, 5.74) is 7.92. The highest BCUT2D eigenvalue weighted by Gasteiger charge is 2.14. The number of nitrogens with two attached hydrogens (primary N) is 1. The normalized spacial score (nSPS) is 10.7. The lowest BCUT2D eigenvalue weighted by atomic mass is 10.2. The van der Waals surface area contributed by atoms with Gasteiger partial charge in [-0.05, 0) is 24.6 Å². The molecule has 2 rings (SSSR count). The predicted molar refractivity (Wildman–Crippen MR) is 76.3 cm³/mol. The highest BCUT2D eigenvalue weighted by atomic mass is 35.5. The molecular formula is C13H16ClFN4. The summed E-state index contributed by atoms with van der Waals surface area (Å²) < 4.78 is 14.9. The molecule has 0 aliphatic carbocycles. The van der Waals surface area contributed by atoms with Crippen LogP contribution in [0.15, 0.2) is 18.2 Å². The first-order valence-corrected chi connectivity index (χ1v) is 6.44. The number of aromatic nitrogens is 2. The highest BCUT2D eigenvalue weighted by molar-refractivity contribution is 6.33. The molecule has 6 heteroatoms. The van der Waals surface area contributed by atoms with Crippen molar-refractivity contribution < 1.29 is 4.39 Å². The van der Waals surface area contributed by atoms with Crippen LogP contribution in [0.3, 0.4) is 0 Å². The standard InChI is InChI=1S/C13H16ClFN4/c1-3-4-10-12(16)13(19(2)18-10)17-11-7-8(15)5-6-9(11)14/h5-7,17H,3-4,16H2,1-2H3. The minimum Gasteiger partial charge on any atom is -0.394 e. The Morgan fingerprint density at radius 1 is 1.47 bits per heavy atom. The number of benzene rings is 1. The third-order valence-corrected chi connectivity index (χ3v) is 3.16. The smallest absolute Gasteiger partial charge is 0.152 e. The van der Waals surface area contributed by atoms with E-state index in [1.165, 1.54) is 18.2 Å². The summed E-state index contributed by atoms with van der Waals surface area (Å²) in [7, 11) is 1.78. The van der Waals surface area contributed by atoms with Crippen LogP contribution in [0.5, 0.6) is 0 Å². The second-order valence-corrected chi connectivity index (χ2v) is 4.74. The molecule has 0 aliphatic heterocycles. The van der Waals surface area contributed by atoms with Crippen molar-refractivity contribution in [2.75, 3.05) is 11.1 Å². The molecule has 0 atom stereocenters. The molecule has 3 N–H and O–H groups in total. The van der Waals surface area contributed by atoms with E-state index < -0.39 is 0 Å². The average molecular weight is 283 g/mol. The van der Waals surface area contributed by atoms with Crippen LogP contribution in [0.1, 0.15) is 19.0 Å². The van der Waals surface area contributed by atoms with Crippen molar-refractivity contribution in [1.29, 1.82) is 0 Å². The molecular weight excluding hydrogens is 267 g/mol. The van der Waals surface area contributed by atoms with Gasteiger partial charge in [-0.25, -0.2) is 4.39 Å². The molecule has 0 amide bonds. The number of nitrogens with one attached hydrogen (secondary N) is 1. The second kappa shape index (κ2) is 5.48. The fraction of sp³-hybridized carbons (Fsp3) is 0.308. The van der Waals surface area contributed by atoms with E-state index in [1.807, 2.05) is 0 Å². The van der Waals surface area contributed by atoms with Crippen LogP contribution in [0.25, 0.3) is 0 Å². The third-order valence-electron chi connectivity index (χ3n) is 2.83. The van der Waals surface area contributed by atoms with E-state index in [1.54, 1.807) is 11.7 Å². The van der Waals surface area contributed by atoms with Crippen LogP contribution in [0, 0.1) is 5.82 Å². The average Bonchev–Trinajstić information content (AvgIpc) is 2.62. The van der Waals surface area contributed by atoms with E-state index in [0.717, 1.165) is 18.5 Å². The van der Waals surface area contributed by atoms with Crippen molar-refractivity contribution in [3.05, 3.63) is 34.7 Å². The molecule has 19 heavy (non-hydrogen) atoms. The molecule has 0 saturated heterocycles. The zero-order valence-corrected chi connectivity index (χ0v) is 11.6. The SMILES string of the molecule is CCCc1nn(C)c(Nc2cc(F)ccc2Cl)c1N. The monoisotopic (exact) mass is 282 g/mol. The van der Waals surface area contributed by atoms with Crippen molar-refractivity contribution in [2.45, 2.75) is 19.8 Å². The van der Waals surface area contributed by atoms with Gasteiger partial charge in [0.15, 0.2) is 5.82 Å². The molecule has 1 heterocycles. The summed E-state index contributed by atoms with van der Waals surface area (Å²) in [6.45, 7) is 2.06. The Kier molecular flexibility index (Phi) is 3.95. The summed E-state index contributed by atoms with van der Waals surface area (Å²) >= 11 is 6.02. The van der Waals surface area contributed by atoms with Crippen molar-refractivity contribution in [1.82, 2.24) is 9.78 Å². The number of hydrogen-bond donors (Lipinski definition) is 2. The number of halogens is 2. The highest BCUT2D eigenvalue weighted by Crippen LogP contribution is 2.30. The lowest BCUT2D eigenvalue weighted by Gasteiger charge is -2.09. The maximum Gasteiger partial charge on any atom is 0.152 e. The maximum absolute atomic E-state index is 13.2. The van der Waals surface area contributed by atoms with Crippen LogP contribution < -0.4 is 11.1 Å². The first-order chi connectivity index (χ1) is 9.02. The minimum atomic E-state index is -0.360. The third kappa shape index (κ3) is 2.81. The molecule has 1 aromatic carbocycles. The zero-order chi connectivity index (χ0) is 14.0. The van der Waals surface area contributed by atoms with Crippen LogP contribution >= 0.6 is 11.6 Å². The van der Waals surface area contributed by atoms with Gasteiger partial charge in [0.1, 0.15) is 5.82 Å². The van der Waals surface area contributed by atoms with E-state index >= 15 is 0 Å². The second-order valence-electron chi connectivity index (χ2n) is 4.33. The lowest BCUT2D eigenvalue weighted by molar-refractivity contribution is 0.628. The van der Waals surface area contributed by atoms with Crippen molar-refractivity contribution in [3.8, 4) is 0 Å². The molecule has 0 radical (unpaired) electrons. The first-order valence-electron chi connectivity index (χ1n) is 6.06. The number of rotatable bonds is 4. The Balaban J connectivity index is 2.35. The lowest BCUT2D eigenvalue weighted by Crippen LogP contribution is -2.02. The summed E-state index contributed by atoms with van der Waals surface area (Å²) in [6.07, 6.45) is 1.76. The van der Waals surface area contributed by atoms with Crippen LogP contribution in [0.2, 0.25) is 5.02 Å². The molecule has 0 bridgehead atoms. The van der Waals surface area contributed by atoms with E-state index in [4.69, 9.17) is 17.3 Å². The van der Waals surface area contributed by atoms with Crippen molar-refractivity contribution in [2.24, 2.45) is 7.05 Å². The molecule has 102 valence electrons. The summed E-state index contributed by atoms with van der Waals surface area (Å²) in [6, 6.07) is 4.13. The van der Waals surface area contributed by atoms with Crippen LogP contribution in [-0.4, -0.2) is 9.78 Å². The van der Waals surface area contributed by atoms with Crippen LogP contribution in [-0.2, 0) is 13.5 Å². The Morgan fingerprint density at radius 3 is 2.89 bits per heavy atom. The molecule has 0 saturated carbocycles. The number of anilines is 3. The Morgan fingerprint density at radius 2 is 2.21 bits per heavy atom. The van der Waals surface area contributed by atoms with Gasteiger partial charge in [-0.15, -0.1) is 0 Å². The summed E-state index contributed by atoms with van der Waals surface area (Å²) in [5.74, 6) is 0.261. The van der Waals surface area contributed by atoms with Gasteiger partial charge >= 0.3 is 0 Å². The van der Waals surface area contributed by atoms with Gasteiger partial charge in [0.25, 0.3) is 0 Å². The van der Waals surface area contributed by atoms with Crippen molar-refractivity contribution in [3.63, 3.8) is 0 Å². The molecule has 0 spiro atoms. The largest absolute Gasteiger partial charge is 0.394 e. The topological polar surface area (TPSA) is 55.9 Å². The fourth-order valence-electron chi connectivity index (χ4n) is 1.89. The zero-order valence-electron chi connectivity index (χ0n) is 10.9. The minimum absolute atomic E-state index is 0.360. The summed E-state index contributed by atoms with van der Waals surface area (Å²) in [4.78, 5) is 0. The van der Waals surface area contributed by atoms with Gasteiger partial charge in [0.05, 0.1) is 22.1 Å². The Labute approximate surface area is 116 Å². The number of aryl methyl sites for hydroxylation is 2. The maximum atomic E-state index is 13.2. The fourth-order valence-corrected chi connectivity index (χ4v) is 2.05.